The molecule has 1 aliphatic heterocycles. The molecule has 6 nitrogen and oxygen atoms in total. The molecule has 1 saturated heterocycles. The lowest BCUT2D eigenvalue weighted by molar-refractivity contribution is -0.126. The van der Waals surface area contributed by atoms with Crippen LogP contribution >= 0.6 is 22.7 Å². The van der Waals surface area contributed by atoms with Crippen LogP contribution in [-0.4, -0.2) is 33.2 Å². The molecule has 4 aromatic rings. The molecule has 0 spiro atoms. The van der Waals surface area contributed by atoms with E-state index in [1.807, 2.05) is 29.2 Å². The summed E-state index contributed by atoms with van der Waals surface area (Å²) in [5.74, 6) is -0.953. The highest BCUT2D eigenvalue weighted by molar-refractivity contribution is 7.18. The number of carbonyl (C=O) groups is 2. The highest BCUT2D eigenvalue weighted by atomic mass is 32.1. The van der Waals surface area contributed by atoms with Crippen molar-refractivity contribution in [2.45, 2.75) is 25.8 Å². The van der Waals surface area contributed by atoms with Gasteiger partial charge in [-0.3, -0.25) is 14.5 Å². The Morgan fingerprint density at radius 3 is 2.74 bits per heavy atom. The number of aromatic nitrogens is 2. The first-order valence-corrected chi connectivity index (χ1v) is 12.6. The van der Waals surface area contributed by atoms with Crippen LogP contribution in [0.3, 0.4) is 0 Å². The van der Waals surface area contributed by atoms with Gasteiger partial charge in [-0.1, -0.05) is 24.3 Å². The lowest BCUT2D eigenvalue weighted by Gasteiger charge is -2.21. The molecule has 1 aliphatic rings. The molecule has 2 aromatic carbocycles. The van der Waals surface area contributed by atoms with Gasteiger partial charge in [0.25, 0.3) is 0 Å². The Hall–Kier alpha value is -3.43. The van der Waals surface area contributed by atoms with E-state index in [0.29, 0.717) is 17.4 Å². The highest BCUT2D eigenvalue weighted by Gasteiger charge is 2.31. The number of anilines is 2. The Kier molecular flexibility index (Phi) is 6.21. The number of amides is 2. The van der Waals surface area contributed by atoms with Crippen molar-refractivity contribution in [3.05, 3.63) is 76.5 Å². The number of rotatable bonds is 5. The Bertz CT molecular complexity index is 1360. The summed E-state index contributed by atoms with van der Waals surface area (Å²) >= 11 is 2.85. The zero-order valence-electron chi connectivity index (χ0n) is 18.3. The Balaban J connectivity index is 1.34. The molecule has 2 aromatic heterocycles. The summed E-state index contributed by atoms with van der Waals surface area (Å²) in [5.41, 5.74) is 1.63. The number of likely N-dealkylation sites (tertiary alicyclic amines) is 1. The van der Waals surface area contributed by atoms with Gasteiger partial charge >= 0.3 is 0 Å². The quantitative estimate of drug-likeness (QED) is 0.323. The van der Waals surface area contributed by atoms with E-state index in [4.69, 9.17) is 4.98 Å². The molecule has 1 fully saturated rings. The molecular formula is C25H21FN4O2S2. The SMILES string of the molecule is CC(=O)N(c1nc(C=CC(=O)N2CCCC2c2nc3ccccc3s2)cs1)c1ccccc1F. The largest absolute Gasteiger partial charge is 0.330 e. The predicted octanol–water partition coefficient (Wildman–Crippen LogP) is 5.95. The molecule has 1 atom stereocenters. The maximum Gasteiger partial charge on any atom is 0.247 e. The maximum atomic E-state index is 14.3. The molecule has 5 rings (SSSR count). The van der Waals surface area contributed by atoms with Gasteiger partial charge in [-0.25, -0.2) is 14.4 Å². The summed E-state index contributed by atoms with van der Waals surface area (Å²) in [4.78, 5) is 37.5. The van der Waals surface area contributed by atoms with Crippen molar-refractivity contribution in [3.8, 4) is 0 Å². The average Bonchev–Trinajstić information content (AvgIpc) is 3.57. The summed E-state index contributed by atoms with van der Waals surface area (Å²) in [7, 11) is 0. The van der Waals surface area contributed by atoms with Crippen molar-refractivity contribution >= 4 is 61.6 Å². The van der Waals surface area contributed by atoms with Crippen molar-refractivity contribution in [1.82, 2.24) is 14.9 Å². The molecule has 34 heavy (non-hydrogen) atoms. The van der Waals surface area contributed by atoms with Crippen molar-refractivity contribution < 1.29 is 14.0 Å². The van der Waals surface area contributed by atoms with Gasteiger partial charge in [0.2, 0.25) is 11.8 Å². The second-order valence-electron chi connectivity index (χ2n) is 7.90. The monoisotopic (exact) mass is 492 g/mol. The van der Waals surface area contributed by atoms with Crippen LogP contribution in [0.25, 0.3) is 16.3 Å². The van der Waals surface area contributed by atoms with E-state index in [-0.39, 0.29) is 23.5 Å². The number of hydrogen-bond acceptors (Lipinski definition) is 6. The van der Waals surface area contributed by atoms with E-state index in [9.17, 15) is 14.0 Å². The summed E-state index contributed by atoms with van der Waals surface area (Å²) in [6.45, 7) is 2.04. The molecule has 3 heterocycles. The van der Waals surface area contributed by atoms with E-state index in [0.717, 1.165) is 28.1 Å². The van der Waals surface area contributed by atoms with E-state index in [1.165, 1.54) is 41.4 Å². The van der Waals surface area contributed by atoms with Gasteiger partial charge in [0.05, 0.1) is 27.6 Å². The number of carbonyl (C=O) groups excluding carboxylic acids is 2. The van der Waals surface area contributed by atoms with Crippen LogP contribution in [0, 0.1) is 5.82 Å². The zero-order valence-corrected chi connectivity index (χ0v) is 20.0. The molecule has 172 valence electrons. The van der Waals surface area contributed by atoms with Gasteiger partial charge in [0, 0.05) is 24.9 Å². The average molecular weight is 493 g/mol. The standard InChI is InChI=1S/C25H21FN4O2S2/c1-16(31)30(20-9-4-2-7-18(20)26)25-27-17(15-33-25)12-13-23(32)29-14-6-10-21(29)24-28-19-8-3-5-11-22(19)34-24/h2-5,7-9,11-13,15,21H,6,10,14H2,1H3. The topological polar surface area (TPSA) is 66.4 Å². The van der Waals surface area contributed by atoms with Gasteiger partial charge < -0.3 is 4.90 Å². The fourth-order valence-corrected chi connectivity index (χ4v) is 6.03. The summed E-state index contributed by atoms with van der Waals surface area (Å²) in [5, 5.41) is 3.04. The second-order valence-corrected chi connectivity index (χ2v) is 9.80. The Morgan fingerprint density at radius 2 is 1.94 bits per heavy atom. The van der Waals surface area contributed by atoms with Crippen LogP contribution in [0.4, 0.5) is 15.2 Å². The predicted molar refractivity (Wildman–Crippen MR) is 134 cm³/mol. The molecule has 0 radical (unpaired) electrons. The first-order valence-electron chi connectivity index (χ1n) is 10.9. The van der Waals surface area contributed by atoms with Crippen LogP contribution in [0.5, 0.6) is 0 Å². The second kappa shape index (κ2) is 9.44. The number of hydrogen-bond donors (Lipinski definition) is 0. The minimum absolute atomic E-state index is 0.0326. The molecule has 0 bridgehead atoms. The van der Waals surface area contributed by atoms with Gasteiger partial charge in [0.15, 0.2) is 5.13 Å². The van der Waals surface area contributed by atoms with Crippen LogP contribution in [0.1, 0.15) is 36.5 Å². The van der Waals surface area contributed by atoms with Crippen molar-refractivity contribution in [2.75, 3.05) is 11.4 Å². The fourth-order valence-electron chi connectivity index (χ4n) is 4.07. The van der Waals surface area contributed by atoms with Crippen LogP contribution in [0.15, 0.2) is 60.0 Å². The van der Waals surface area contributed by atoms with Crippen molar-refractivity contribution in [2.24, 2.45) is 0 Å². The summed E-state index contributed by atoms with van der Waals surface area (Å²) in [6, 6.07) is 14.0. The number of benzene rings is 2. The summed E-state index contributed by atoms with van der Waals surface area (Å²) < 4.78 is 15.4. The lowest BCUT2D eigenvalue weighted by atomic mass is 10.2. The van der Waals surface area contributed by atoms with Crippen LogP contribution < -0.4 is 4.90 Å². The fraction of sp³-hybridized carbons (Fsp3) is 0.200. The molecular weight excluding hydrogens is 471 g/mol. The van der Waals surface area contributed by atoms with E-state index in [2.05, 4.69) is 4.98 Å². The van der Waals surface area contributed by atoms with Gasteiger partial charge in [-0.05, 0) is 43.2 Å². The molecule has 0 saturated carbocycles. The molecule has 2 amide bonds. The van der Waals surface area contributed by atoms with Crippen molar-refractivity contribution in [3.63, 3.8) is 0 Å². The minimum atomic E-state index is -0.505. The third-order valence-electron chi connectivity index (χ3n) is 5.64. The normalized spacial score (nSPS) is 15.9. The summed E-state index contributed by atoms with van der Waals surface area (Å²) in [6.07, 6.45) is 4.95. The molecule has 0 aliphatic carbocycles. The van der Waals surface area contributed by atoms with E-state index >= 15 is 0 Å². The molecule has 0 N–H and O–H groups in total. The number of para-hydroxylation sites is 2. The van der Waals surface area contributed by atoms with Crippen LogP contribution in [-0.2, 0) is 9.59 Å². The first-order chi connectivity index (χ1) is 16.5. The third kappa shape index (κ3) is 4.36. The Labute approximate surface area is 204 Å². The number of fused-ring (bicyclic) bond motifs is 1. The van der Waals surface area contributed by atoms with Crippen molar-refractivity contribution in [1.29, 1.82) is 0 Å². The maximum absolute atomic E-state index is 14.3. The number of halogens is 1. The smallest absolute Gasteiger partial charge is 0.247 e. The minimum Gasteiger partial charge on any atom is -0.330 e. The zero-order chi connectivity index (χ0) is 23.7. The third-order valence-corrected chi connectivity index (χ3v) is 7.62. The molecule has 9 heteroatoms. The van der Waals surface area contributed by atoms with Gasteiger partial charge in [-0.2, -0.15) is 0 Å². The molecule has 1 unspecified atom stereocenters. The van der Waals surface area contributed by atoms with Crippen LogP contribution in [0.2, 0.25) is 0 Å². The van der Waals surface area contributed by atoms with E-state index in [1.54, 1.807) is 34.9 Å². The lowest BCUT2D eigenvalue weighted by Crippen LogP contribution is -2.28. The first kappa shape index (κ1) is 22.4. The van der Waals surface area contributed by atoms with E-state index < -0.39 is 5.82 Å². The Morgan fingerprint density at radius 1 is 1.15 bits per heavy atom. The van der Waals surface area contributed by atoms with Gasteiger partial charge in [0.1, 0.15) is 10.8 Å². The number of thiazole rings is 2. The van der Waals surface area contributed by atoms with Gasteiger partial charge in [-0.15, -0.1) is 22.7 Å². The number of nitrogens with zero attached hydrogens (tertiary/aromatic N) is 4. The highest BCUT2D eigenvalue weighted by Crippen LogP contribution is 2.37.